The molecule has 0 unspecified atom stereocenters. The van der Waals surface area contributed by atoms with Crippen LogP contribution in [0.1, 0.15) is 35.7 Å². The molecule has 0 fully saturated rings. The van der Waals surface area contributed by atoms with Crippen molar-refractivity contribution in [2.45, 2.75) is 19.0 Å². The van der Waals surface area contributed by atoms with Crippen LogP contribution in [0.4, 0.5) is 0 Å². The number of aromatic hydroxyl groups is 1. The van der Waals surface area contributed by atoms with Crippen LogP contribution in [0.5, 0.6) is 5.75 Å². The average Bonchev–Trinajstić information content (AvgIpc) is 2.67. The van der Waals surface area contributed by atoms with Crippen LogP contribution in [-0.4, -0.2) is 5.11 Å². The maximum atomic E-state index is 10.3. The molecule has 0 bridgehead atoms. The van der Waals surface area contributed by atoms with Crippen molar-refractivity contribution >= 4 is 6.08 Å². The lowest BCUT2D eigenvalue weighted by Crippen LogP contribution is -2.23. The van der Waals surface area contributed by atoms with Crippen molar-refractivity contribution in [1.82, 2.24) is 5.32 Å². The van der Waals surface area contributed by atoms with Gasteiger partial charge in [0.05, 0.1) is 6.04 Å². The van der Waals surface area contributed by atoms with Crippen molar-refractivity contribution in [3.63, 3.8) is 0 Å². The number of benzene rings is 3. The largest absolute Gasteiger partial charge is 0.508 e. The third-order valence-corrected chi connectivity index (χ3v) is 4.28. The molecule has 0 amide bonds. The minimum Gasteiger partial charge on any atom is -0.508 e. The van der Waals surface area contributed by atoms with E-state index >= 15 is 0 Å². The first-order chi connectivity index (χ1) is 12.2. The van der Waals surface area contributed by atoms with E-state index in [4.69, 9.17) is 0 Å². The van der Waals surface area contributed by atoms with E-state index in [2.05, 4.69) is 48.7 Å². The Hall–Kier alpha value is -2.84. The molecular weight excluding hydrogens is 306 g/mol. The van der Waals surface area contributed by atoms with Gasteiger partial charge < -0.3 is 5.11 Å². The van der Waals surface area contributed by atoms with Crippen LogP contribution < -0.4 is 5.32 Å². The molecule has 0 spiro atoms. The molecule has 0 aliphatic carbocycles. The van der Waals surface area contributed by atoms with Crippen molar-refractivity contribution in [1.29, 1.82) is 0 Å². The normalized spacial score (nSPS) is 13.6. The van der Waals surface area contributed by atoms with Crippen LogP contribution in [0, 0.1) is 0 Å². The second kappa shape index (κ2) is 8.32. The molecule has 3 rings (SSSR count). The van der Waals surface area contributed by atoms with Crippen molar-refractivity contribution in [3.8, 4) is 5.75 Å². The molecule has 0 heterocycles. The molecular formula is C23H23NO. The SMILES string of the molecule is C[C@@H](N[C@H](/C=C/c1ccccc1)c1ccccc1O)c1ccccc1. The predicted molar refractivity (Wildman–Crippen MR) is 104 cm³/mol. The topological polar surface area (TPSA) is 32.3 Å². The number of phenolic OH excluding ortho intramolecular Hbond substituents is 1. The molecule has 2 atom stereocenters. The third-order valence-electron chi connectivity index (χ3n) is 4.28. The standard InChI is InChI=1S/C23H23NO/c1-18(20-12-6-3-7-13-20)24-22(21-14-8-9-15-23(21)25)17-16-19-10-4-2-5-11-19/h2-18,22,24-25H,1H3/b17-16+/t18-,22-/m1/s1. The molecule has 2 N–H and O–H groups in total. The van der Waals surface area contributed by atoms with E-state index in [1.807, 2.05) is 54.6 Å². The predicted octanol–water partition coefficient (Wildman–Crippen LogP) is 5.50. The van der Waals surface area contributed by atoms with Gasteiger partial charge in [0.1, 0.15) is 5.75 Å². The lowest BCUT2D eigenvalue weighted by Gasteiger charge is -2.22. The number of hydrogen-bond acceptors (Lipinski definition) is 2. The summed E-state index contributed by atoms with van der Waals surface area (Å²) in [5, 5.41) is 13.9. The Kier molecular flexibility index (Phi) is 5.65. The molecule has 0 aromatic heterocycles. The quantitative estimate of drug-likeness (QED) is 0.626. The molecule has 3 aromatic carbocycles. The molecule has 3 aromatic rings. The van der Waals surface area contributed by atoms with E-state index < -0.39 is 0 Å². The fourth-order valence-electron chi connectivity index (χ4n) is 2.88. The lowest BCUT2D eigenvalue weighted by molar-refractivity contribution is 0.450. The highest BCUT2D eigenvalue weighted by Gasteiger charge is 2.15. The van der Waals surface area contributed by atoms with Gasteiger partial charge in [-0.15, -0.1) is 0 Å². The Morgan fingerprint density at radius 2 is 1.40 bits per heavy atom. The van der Waals surface area contributed by atoms with Gasteiger partial charge in [-0.05, 0) is 24.1 Å². The molecule has 0 radical (unpaired) electrons. The second-order valence-corrected chi connectivity index (χ2v) is 6.11. The first-order valence-electron chi connectivity index (χ1n) is 8.56. The highest BCUT2D eigenvalue weighted by Crippen LogP contribution is 2.28. The van der Waals surface area contributed by atoms with E-state index in [9.17, 15) is 5.11 Å². The maximum Gasteiger partial charge on any atom is 0.120 e. The van der Waals surface area contributed by atoms with Gasteiger partial charge in [0.25, 0.3) is 0 Å². The van der Waals surface area contributed by atoms with Crippen molar-refractivity contribution in [2.24, 2.45) is 0 Å². The Balaban J connectivity index is 1.87. The highest BCUT2D eigenvalue weighted by atomic mass is 16.3. The summed E-state index contributed by atoms with van der Waals surface area (Å²) in [5.41, 5.74) is 3.23. The zero-order chi connectivity index (χ0) is 17.5. The Morgan fingerprint density at radius 1 is 0.800 bits per heavy atom. The number of hydrogen-bond donors (Lipinski definition) is 2. The van der Waals surface area contributed by atoms with E-state index in [-0.39, 0.29) is 12.1 Å². The van der Waals surface area contributed by atoms with Gasteiger partial charge in [-0.3, -0.25) is 5.32 Å². The van der Waals surface area contributed by atoms with Gasteiger partial charge in [0.15, 0.2) is 0 Å². The summed E-state index contributed by atoms with van der Waals surface area (Å²) in [6.07, 6.45) is 4.19. The van der Waals surface area contributed by atoms with E-state index in [1.54, 1.807) is 6.07 Å². The molecule has 0 saturated carbocycles. The van der Waals surface area contributed by atoms with Crippen LogP contribution in [0.15, 0.2) is 91.0 Å². The first kappa shape index (κ1) is 17.0. The molecule has 0 saturated heterocycles. The number of nitrogens with one attached hydrogen (secondary N) is 1. The summed E-state index contributed by atoms with van der Waals surface area (Å²) in [6.45, 7) is 2.14. The van der Waals surface area contributed by atoms with Crippen LogP contribution in [-0.2, 0) is 0 Å². The summed E-state index contributed by atoms with van der Waals surface area (Å²) < 4.78 is 0. The molecule has 25 heavy (non-hydrogen) atoms. The average molecular weight is 329 g/mol. The van der Waals surface area contributed by atoms with E-state index in [1.165, 1.54) is 5.56 Å². The van der Waals surface area contributed by atoms with Crippen LogP contribution in [0.2, 0.25) is 0 Å². The van der Waals surface area contributed by atoms with Crippen LogP contribution >= 0.6 is 0 Å². The van der Waals surface area contributed by atoms with Crippen LogP contribution in [0.25, 0.3) is 6.08 Å². The zero-order valence-electron chi connectivity index (χ0n) is 14.3. The van der Waals surface area contributed by atoms with Gasteiger partial charge in [-0.25, -0.2) is 0 Å². The van der Waals surface area contributed by atoms with E-state index in [0.717, 1.165) is 11.1 Å². The van der Waals surface area contributed by atoms with Crippen molar-refractivity contribution < 1.29 is 5.11 Å². The molecule has 2 heteroatoms. The minimum absolute atomic E-state index is 0.0865. The highest BCUT2D eigenvalue weighted by molar-refractivity contribution is 5.51. The van der Waals surface area contributed by atoms with Crippen LogP contribution in [0.3, 0.4) is 0 Å². The summed E-state index contributed by atoms with van der Waals surface area (Å²) in [5.74, 6) is 0.304. The monoisotopic (exact) mass is 329 g/mol. The number of phenols is 1. The first-order valence-corrected chi connectivity index (χ1v) is 8.56. The molecule has 126 valence electrons. The maximum absolute atomic E-state index is 10.3. The fraction of sp³-hybridized carbons (Fsp3) is 0.130. The summed E-state index contributed by atoms with van der Waals surface area (Å²) >= 11 is 0. The Labute approximate surface area is 149 Å². The van der Waals surface area contributed by atoms with Gasteiger partial charge in [0, 0.05) is 11.6 Å². The number of rotatable bonds is 6. The van der Waals surface area contributed by atoms with E-state index in [0.29, 0.717) is 5.75 Å². The molecule has 2 nitrogen and oxygen atoms in total. The summed E-state index contributed by atoms with van der Waals surface area (Å²) in [6, 6.07) is 28.1. The molecule has 0 aliphatic heterocycles. The van der Waals surface area contributed by atoms with Gasteiger partial charge in [-0.1, -0.05) is 91.0 Å². The minimum atomic E-state index is -0.0865. The zero-order valence-corrected chi connectivity index (χ0v) is 14.3. The lowest BCUT2D eigenvalue weighted by atomic mass is 10.0. The Bertz CT molecular complexity index is 812. The van der Waals surface area contributed by atoms with Gasteiger partial charge in [-0.2, -0.15) is 0 Å². The number of para-hydroxylation sites is 1. The van der Waals surface area contributed by atoms with Gasteiger partial charge >= 0.3 is 0 Å². The summed E-state index contributed by atoms with van der Waals surface area (Å²) in [7, 11) is 0. The third kappa shape index (κ3) is 4.59. The second-order valence-electron chi connectivity index (χ2n) is 6.11. The smallest absolute Gasteiger partial charge is 0.120 e. The fourth-order valence-corrected chi connectivity index (χ4v) is 2.88. The van der Waals surface area contributed by atoms with Crippen molar-refractivity contribution in [2.75, 3.05) is 0 Å². The van der Waals surface area contributed by atoms with Crippen molar-refractivity contribution in [3.05, 3.63) is 108 Å². The summed E-state index contributed by atoms with van der Waals surface area (Å²) in [4.78, 5) is 0. The van der Waals surface area contributed by atoms with Gasteiger partial charge in [0.2, 0.25) is 0 Å². The molecule has 0 aliphatic rings. The Morgan fingerprint density at radius 3 is 2.08 bits per heavy atom.